The van der Waals surface area contributed by atoms with Crippen LogP contribution >= 0.6 is 0 Å². The highest BCUT2D eigenvalue weighted by Gasteiger charge is 2.12. The lowest BCUT2D eigenvalue weighted by atomic mass is 10.1. The van der Waals surface area contributed by atoms with E-state index < -0.39 is 0 Å². The van der Waals surface area contributed by atoms with Gasteiger partial charge >= 0.3 is 0 Å². The van der Waals surface area contributed by atoms with Crippen molar-refractivity contribution in [1.29, 1.82) is 0 Å². The van der Waals surface area contributed by atoms with E-state index in [1.54, 1.807) is 33.5 Å². The van der Waals surface area contributed by atoms with Gasteiger partial charge in [-0.05, 0) is 35.9 Å². The fraction of sp³-hybridized carbons (Fsp3) is 0.250. The Hall–Kier alpha value is -2.43. The Morgan fingerprint density at radius 1 is 0.952 bits per heavy atom. The van der Waals surface area contributed by atoms with Crippen LogP contribution < -0.4 is 19.5 Å². The van der Waals surface area contributed by atoms with Gasteiger partial charge in [0.05, 0.1) is 21.3 Å². The maximum absolute atomic E-state index is 13.1. The molecule has 0 aromatic heterocycles. The van der Waals surface area contributed by atoms with E-state index in [4.69, 9.17) is 14.2 Å². The molecule has 0 aliphatic heterocycles. The number of halogens is 1. The molecule has 0 heterocycles. The van der Waals surface area contributed by atoms with Crippen molar-refractivity contribution in [3.63, 3.8) is 0 Å². The van der Waals surface area contributed by atoms with E-state index >= 15 is 0 Å². The van der Waals surface area contributed by atoms with E-state index in [1.807, 2.05) is 12.1 Å². The van der Waals surface area contributed by atoms with Crippen LogP contribution in [-0.2, 0) is 6.54 Å². The second kappa shape index (κ2) is 6.83. The summed E-state index contributed by atoms with van der Waals surface area (Å²) in [5.74, 6) is 1.46. The first-order chi connectivity index (χ1) is 10.2. The van der Waals surface area contributed by atoms with Gasteiger partial charge in [-0.25, -0.2) is 4.39 Å². The third kappa shape index (κ3) is 3.56. The largest absolute Gasteiger partial charge is 0.493 e. The van der Waals surface area contributed by atoms with Crippen LogP contribution in [0.4, 0.5) is 10.1 Å². The first-order valence-corrected chi connectivity index (χ1v) is 6.46. The number of anilines is 1. The van der Waals surface area contributed by atoms with Crippen molar-refractivity contribution in [3.05, 3.63) is 47.8 Å². The number of hydrogen-bond donors (Lipinski definition) is 1. The lowest BCUT2D eigenvalue weighted by Gasteiger charge is -2.14. The van der Waals surface area contributed by atoms with Crippen LogP contribution in [0.15, 0.2) is 36.4 Å². The van der Waals surface area contributed by atoms with Crippen LogP contribution in [0.3, 0.4) is 0 Å². The maximum atomic E-state index is 13.1. The van der Waals surface area contributed by atoms with E-state index in [0.29, 0.717) is 29.5 Å². The minimum absolute atomic E-state index is 0.273. The Labute approximate surface area is 123 Å². The quantitative estimate of drug-likeness (QED) is 0.884. The SMILES string of the molecule is COc1cc(CNc2cccc(F)c2)cc(OC)c1OC. The summed E-state index contributed by atoms with van der Waals surface area (Å²) in [6.07, 6.45) is 0. The Kier molecular flexibility index (Phi) is 4.87. The minimum Gasteiger partial charge on any atom is -0.493 e. The fourth-order valence-electron chi connectivity index (χ4n) is 2.04. The van der Waals surface area contributed by atoms with Crippen molar-refractivity contribution in [2.75, 3.05) is 26.6 Å². The van der Waals surface area contributed by atoms with Crippen molar-refractivity contribution in [2.45, 2.75) is 6.54 Å². The van der Waals surface area contributed by atoms with Crippen LogP contribution in [-0.4, -0.2) is 21.3 Å². The number of methoxy groups -OCH3 is 3. The average Bonchev–Trinajstić information content (AvgIpc) is 2.51. The van der Waals surface area contributed by atoms with Crippen LogP contribution in [0.2, 0.25) is 0 Å². The van der Waals surface area contributed by atoms with Gasteiger partial charge in [-0.15, -0.1) is 0 Å². The molecule has 4 nitrogen and oxygen atoms in total. The van der Waals surface area contributed by atoms with Gasteiger partial charge < -0.3 is 19.5 Å². The summed E-state index contributed by atoms with van der Waals surface area (Å²) in [6.45, 7) is 0.514. The molecule has 0 aliphatic carbocycles. The highest BCUT2D eigenvalue weighted by molar-refractivity contribution is 5.54. The molecule has 0 bridgehead atoms. The highest BCUT2D eigenvalue weighted by atomic mass is 19.1. The Morgan fingerprint density at radius 2 is 1.62 bits per heavy atom. The first kappa shape index (κ1) is 15.0. The Bertz CT molecular complexity index is 591. The molecule has 0 spiro atoms. The summed E-state index contributed by atoms with van der Waals surface area (Å²) in [5.41, 5.74) is 1.65. The molecule has 0 saturated heterocycles. The lowest BCUT2D eigenvalue weighted by molar-refractivity contribution is 0.324. The molecule has 2 rings (SSSR count). The third-order valence-corrected chi connectivity index (χ3v) is 3.05. The molecule has 0 amide bonds. The van der Waals surface area contributed by atoms with Crippen LogP contribution in [0, 0.1) is 5.82 Å². The summed E-state index contributed by atoms with van der Waals surface area (Å²) in [7, 11) is 4.70. The molecule has 0 atom stereocenters. The summed E-state index contributed by atoms with van der Waals surface area (Å²) < 4.78 is 29.0. The zero-order chi connectivity index (χ0) is 15.2. The molecular weight excluding hydrogens is 273 g/mol. The molecule has 0 saturated carbocycles. The number of rotatable bonds is 6. The molecule has 0 unspecified atom stereocenters. The van der Waals surface area contributed by atoms with E-state index in [9.17, 15) is 4.39 Å². The van der Waals surface area contributed by atoms with Gasteiger partial charge in [0, 0.05) is 12.2 Å². The van der Waals surface area contributed by atoms with E-state index in [2.05, 4.69) is 5.32 Å². The third-order valence-electron chi connectivity index (χ3n) is 3.05. The summed E-state index contributed by atoms with van der Waals surface area (Å²) in [4.78, 5) is 0. The maximum Gasteiger partial charge on any atom is 0.203 e. The zero-order valence-electron chi connectivity index (χ0n) is 12.3. The number of ether oxygens (including phenoxy) is 3. The van der Waals surface area contributed by atoms with Crippen molar-refractivity contribution in [3.8, 4) is 17.2 Å². The van der Waals surface area contributed by atoms with Crippen molar-refractivity contribution in [1.82, 2.24) is 0 Å². The highest BCUT2D eigenvalue weighted by Crippen LogP contribution is 2.38. The second-order valence-electron chi connectivity index (χ2n) is 4.40. The normalized spacial score (nSPS) is 10.1. The van der Waals surface area contributed by atoms with Crippen molar-refractivity contribution >= 4 is 5.69 Å². The van der Waals surface area contributed by atoms with Crippen molar-refractivity contribution < 1.29 is 18.6 Å². The molecule has 0 aliphatic rings. The van der Waals surface area contributed by atoms with Crippen molar-refractivity contribution in [2.24, 2.45) is 0 Å². The summed E-state index contributed by atoms with van der Waals surface area (Å²) in [5, 5.41) is 3.15. The predicted molar refractivity (Wildman–Crippen MR) is 79.8 cm³/mol. The van der Waals surface area contributed by atoms with E-state index in [1.165, 1.54) is 12.1 Å². The van der Waals surface area contributed by atoms with Gasteiger partial charge in [0.15, 0.2) is 11.5 Å². The molecule has 21 heavy (non-hydrogen) atoms. The minimum atomic E-state index is -0.273. The molecular formula is C16H18FNO3. The monoisotopic (exact) mass is 291 g/mol. The van der Waals surface area contributed by atoms with Crippen LogP contribution in [0.25, 0.3) is 0 Å². The molecule has 0 fully saturated rings. The van der Waals surface area contributed by atoms with Gasteiger partial charge in [0.25, 0.3) is 0 Å². The van der Waals surface area contributed by atoms with Gasteiger partial charge in [-0.1, -0.05) is 6.07 Å². The fourth-order valence-corrected chi connectivity index (χ4v) is 2.04. The van der Waals surface area contributed by atoms with Gasteiger partial charge in [-0.3, -0.25) is 0 Å². The summed E-state index contributed by atoms with van der Waals surface area (Å²) in [6, 6.07) is 10.0. The average molecular weight is 291 g/mol. The number of hydrogen-bond acceptors (Lipinski definition) is 4. The van der Waals surface area contributed by atoms with Gasteiger partial charge in [-0.2, -0.15) is 0 Å². The van der Waals surface area contributed by atoms with Crippen LogP contribution in [0.5, 0.6) is 17.2 Å². The zero-order valence-corrected chi connectivity index (χ0v) is 12.3. The lowest BCUT2D eigenvalue weighted by Crippen LogP contribution is -2.02. The molecule has 1 N–H and O–H groups in total. The molecule has 112 valence electrons. The van der Waals surface area contributed by atoms with E-state index in [0.717, 1.165) is 5.56 Å². The topological polar surface area (TPSA) is 39.7 Å². The smallest absolute Gasteiger partial charge is 0.203 e. The predicted octanol–water partition coefficient (Wildman–Crippen LogP) is 3.46. The van der Waals surface area contributed by atoms with Gasteiger partial charge in [0.1, 0.15) is 5.82 Å². The standard InChI is InChI=1S/C16H18FNO3/c1-19-14-7-11(8-15(20-2)16(14)21-3)10-18-13-6-4-5-12(17)9-13/h4-9,18H,10H2,1-3H3. The van der Waals surface area contributed by atoms with Gasteiger partial charge in [0.2, 0.25) is 5.75 Å². The molecule has 2 aromatic carbocycles. The molecule has 0 radical (unpaired) electrons. The number of benzene rings is 2. The number of nitrogens with one attached hydrogen (secondary N) is 1. The Morgan fingerprint density at radius 3 is 2.14 bits per heavy atom. The first-order valence-electron chi connectivity index (χ1n) is 6.46. The second-order valence-corrected chi connectivity index (χ2v) is 4.40. The van der Waals surface area contributed by atoms with Crippen LogP contribution in [0.1, 0.15) is 5.56 Å². The van der Waals surface area contributed by atoms with E-state index in [-0.39, 0.29) is 5.82 Å². The molecule has 2 aromatic rings. The summed E-state index contributed by atoms with van der Waals surface area (Å²) >= 11 is 0. The molecule has 5 heteroatoms. The Balaban J connectivity index is 2.20.